The number of aromatic nitrogens is 2. The molecule has 0 aliphatic heterocycles. The molecule has 5 nitrogen and oxygen atoms in total. The zero-order valence-electron chi connectivity index (χ0n) is 11.5. The number of hydrogen-bond acceptors (Lipinski definition) is 3. The van der Waals surface area contributed by atoms with Crippen LogP contribution in [0.3, 0.4) is 0 Å². The zero-order valence-corrected chi connectivity index (χ0v) is 13.1. The van der Waals surface area contributed by atoms with Gasteiger partial charge in [0.25, 0.3) is 5.69 Å². The van der Waals surface area contributed by atoms with Gasteiger partial charge in [-0.05, 0) is 23.3 Å². The standard InChI is InChI=1S/C16H12BrN3O2/c17-13-5-3-12(4-6-13)15-10-18-16(19-15)9-11-1-7-14(8-2-11)20(21)22/h1-8,10H,9H2,(H,18,19). The van der Waals surface area contributed by atoms with Gasteiger partial charge >= 0.3 is 0 Å². The number of nitrogens with zero attached hydrogens (tertiary/aromatic N) is 2. The molecule has 1 aromatic heterocycles. The molecular weight excluding hydrogens is 346 g/mol. The van der Waals surface area contributed by atoms with Crippen LogP contribution in [-0.4, -0.2) is 14.9 Å². The highest BCUT2D eigenvalue weighted by Gasteiger charge is 2.07. The van der Waals surface area contributed by atoms with Crippen LogP contribution >= 0.6 is 15.9 Å². The van der Waals surface area contributed by atoms with Crippen molar-refractivity contribution in [3.8, 4) is 11.3 Å². The smallest absolute Gasteiger partial charge is 0.269 e. The van der Waals surface area contributed by atoms with Crippen molar-refractivity contribution in [2.45, 2.75) is 6.42 Å². The minimum absolute atomic E-state index is 0.0961. The van der Waals surface area contributed by atoms with E-state index in [9.17, 15) is 10.1 Å². The summed E-state index contributed by atoms with van der Waals surface area (Å²) in [6.07, 6.45) is 2.40. The van der Waals surface area contributed by atoms with Gasteiger partial charge in [0.15, 0.2) is 0 Å². The SMILES string of the molecule is O=[N+]([O-])c1ccc(Cc2ncc(-c3ccc(Br)cc3)[nH]2)cc1. The third kappa shape index (κ3) is 3.23. The van der Waals surface area contributed by atoms with E-state index in [1.807, 2.05) is 24.3 Å². The molecule has 0 bridgehead atoms. The van der Waals surface area contributed by atoms with Gasteiger partial charge in [0.05, 0.1) is 16.8 Å². The number of halogens is 1. The molecule has 0 radical (unpaired) electrons. The van der Waals surface area contributed by atoms with Crippen molar-refractivity contribution < 1.29 is 4.92 Å². The van der Waals surface area contributed by atoms with Crippen molar-refractivity contribution in [2.75, 3.05) is 0 Å². The molecule has 22 heavy (non-hydrogen) atoms. The number of nitrogens with one attached hydrogen (secondary N) is 1. The fraction of sp³-hybridized carbons (Fsp3) is 0.0625. The predicted octanol–water partition coefficient (Wildman–Crippen LogP) is 4.34. The summed E-state index contributed by atoms with van der Waals surface area (Å²) in [7, 11) is 0. The van der Waals surface area contributed by atoms with Crippen molar-refractivity contribution >= 4 is 21.6 Å². The first-order valence-electron chi connectivity index (χ1n) is 6.65. The topological polar surface area (TPSA) is 71.8 Å². The fourth-order valence-electron chi connectivity index (χ4n) is 2.16. The van der Waals surface area contributed by atoms with Gasteiger partial charge in [-0.2, -0.15) is 0 Å². The van der Waals surface area contributed by atoms with Gasteiger partial charge in [0, 0.05) is 23.0 Å². The number of non-ortho nitro benzene ring substituents is 1. The molecule has 0 atom stereocenters. The molecule has 0 unspecified atom stereocenters. The quantitative estimate of drug-likeness (QED) is 0.557. The highest BCUT2D eigenvalue weighted by molar-refractivity contribution is 9.10. The number of hydrogen-bond donors (Lipinski definition) is 1. The van der Waals surface area contributed by atoms with E-state index in [1.165, 1.54) is 12.1 Å². The van der Waals surface area contributed by atoms with Gasteiger partial charge in [-0.1, -0.05) is 40.2 Å². The van der Waals surface area contributed by atoms with Crippen LogP contribution in [0.1, 0.15) is 11.4 Å². The average Bonchev–Trinajstić information content (AvgIpc) is 2.97. The normalized spacial score (nSPS) is 10.6. The van der Waals surface area contributed by atoms with Crippen LogP contribution in [-0.2, 0) is 6.42 Å². The molecule has 2 aromatic carbocycles. The third-order valence-electron chi connectivity index (χ3n) is 3.30. The van der Waals surface area contributed by atoms with Gasteiger partial charge in [0.2, 0.25) is 0 Å². The maximum Gasteiger partial charge on any atom is 0.269 e. The minimum Gasteiger partial charge on any atom is -0.342 e. The lowest BCUT2D eigenvalue weighted by atomic mass is 10.1. The van der Waals surface area contributed by atoms with Crippen molar-refractivity contribution in [3.05, 3.63) is 80.7 Å². The number of rotatable bonds is 4. The Kier molecular flexibility index (Phi) is 4.02. The lowest BCUT2D eigenvalue weighted by molar-refractivity contribution is -0.384. The summed E-state index contributed by atoms with van der Waals surface area (Å²) in [5, 5.41) is 10.6. The molecule has 110 valence electrons. The first kappa shape index (κ1) is 14.5. The van der Waals surface area contributed by atoms with Crippen LogP contribution in [0.4, 0.5) is 5.69 Å². The zero-order chi connectivity index (χ0) is 15.5. The maximum atomic E-state index is 10.6. The highest BCUT2D eigenvalue weighted by Crippen LogP contribution is 2.21. The number of nitro benzene ring substituents is 1. The molecular formula is C16H12BrN3O2. The van der Waals surface area contributed by atoms with Gasteiger partial charge in [-0.15, -0.1) is 0 Å². The van der Waals surface area contributed by atoms with Gasteiger partial charge in [-0.25, -0.2) is 4.98 Å². The van der Waals surface area contributed by atoms with Crippen molar-refractivity contribution in [3.63, 3.8) is 0 Å². The molecule has 0 aliphatic carbocycles. The molecule has 0 aliphatic rings. The van der Waals surface area contributed by atoms with E-state index >= 15 is 0 Å². The maximum absolute atomic E-state index is 10.6. The van der Waals surface area contributed by atoms with E-state index < -0.39 is 4.92 Å². The van der Waals surface area contributed by atoms with Gasteiger partial charge < -0.3 is 4.98 Å². The van der Waals surface area contributed by atoms with Crippen LogP contribution in [0.5, 0.6) is 0 Å². The predicted molar refractivity (Wildman–Crippen MR) is 87.6 cm³/mol. The molecule has 3 aromatic rings. The summed E-state index contributed by atoms with van der Waals surface area (Å²) < 4.78 is 1.03. The number of aromatic amines is 1. The molecule has 0 saturated carbocycles. The largest absolute Gasteiger partial charge is 0.342 e. The summed E-state index contributed by atoms with van der Waals surface area (Å²) in [4.78, 5) is 17.9. The Bertz CT molecular complexity index is 795. The van der Waals surface area contributed by atoms with Crippen LogP contribution in [0.2, 0.25) is 0 Å². The number of H-pyrrole nitrogens is 1. The van der Waals surface area contributed by atoms with Crippen LogP contribution < -0.4 is 0 Å². The lowest BCUT2D eigenvalue weighted by Gasteiger charge is -1.99. The molecule has 1 heterocycles. The Balaban J connectivity index is 1.76. The van der Waals surface area contributed by atoms with Crippen molar-refractivity contribution in [1.82, 2.24) is 9.97 Å². The van der Waals surface area contributed by atoms with Crippen LogP contribution in [0.15, 0.2) is 59.2 Å². The molecule has 0 spiro atoms. The first-order chi connectivity index (χ1) is 10.6. The number of benzene rings is 2. The van der Waals surface area contributed by atoms with Gasteiger partial charge in [0.1, 0.15) is 5.82 Å². The fourth-order valence-corrected chi connectivity index (χ4v) is 2.42. The van der Waals surface area contributed by atoms with E-state index in [4.69, 9.17) is 0 Å². The molecule has 6 heteroatoms. The second-order valence-corrected chi connectivity index (χ2v) is 5.77. The summed E-state index contributed by atoms with van der Waals surface area (Å²) in [6, 6.07) is 14.5. The van der Waals surface area contributed by atoms with E-state index in [0.29, 0.717) is 6.42 Å². The third-order valence-corrected chi connectivity index (χ3v) is 3.83. The monoisotopic (exact) mass is 357 g/mol. The highest BCUT2D eigenvalue weighted by atomic mass is 79.9. The summed E-state index contributed by atoms with van der Waals surface area (Å²) in [6.45, 7) is 0. The van der Waals surface area contributed by atoms with Gasteiger partial charge in [-0.3, -0.25) is 10.1 Å². The minimum atomic E-state index is -0.400. The Morgan fingerprint density at radius 1 is 1.09 bits per heavy atom. The molecule has 1 N–H and O–H groups in total. The average molecular weight is 358 g/mol. The Morgan fingerprint density at radius 2 is 1.77 bits per heavy atom. The van der Waals surface area contributed by atoms with Crippen LogP contribution in [0, 0.1) is 10.1 Å². The summed E-state index contributed by atoms with van der Waals surface area (Å²) in [5.74, 6) is 0.826. The Labute approximate surface area is 135 Å². The molecule has 0 amide bonds. The van der Waals surface area contributed by atoms with Crippen LogP contribution in [0.25, 0.3) is 11.3 Å². The van der Waals surface area contributed by atoms with Crippen molar-refractivity contribution in [1.29, 1.82) is 0 Å². The lowest BCUT2D eigenvalue weighted by Crippen LogP contribution is -1.92. The van der Waals surface area contributed by atoms with E-state index in [0.717, 1.165) is 27.1 Å². The second-order valence-electron chi connectivity index (χ2n) is 4.85. The summed E-state index contributed by atoms with van der Waals surface area (Å²) >= 11 is 3.41. The second kappa shape index (κ2) is 6.11. The van der Waals surface area contributed by atoms with E-state index in [-0.39, 0.29) is 5.69 Å². The Hall–Kier alpha value is -2.47. The first-order valence-corrected chi connectivity index (χ1v) is 7.44. The van der Waals surface area contributed by atoms with E-state index in [1.54, 1.807) is 18.3 Å². The summed E-state index contributed by atoms with van der Waals surface area (Å²) in [5.41, 5.74) is 3.08. The molecule has 0 fully saturated rings. The molecule has 0 saturated heterocycles. The van der Waals surface area contributed by atoms with E-state index in [2.05, 4.69) is 25.9 Å². The Morgan fingerprint density at radius 3 is 2.41 bits per heavy atom. The van der Waals surface area contributed by atoms with Crippen molar-refractivity contribution in [2.24, 2.45) is 0 Å². The number of imidazole rings is 1. The number of nitro groups is 1. The molecule has 3 rings (SSSR count).